The number of benzene rings is 1. The van der Waals surface area contributed by atoms with Gasteiger partial charge in [-0.05, 0) is 12.0 Å². The number of ether oxygens (including phenoxy) is 1. The molecule has 1 rings (SSSR count). The molecule has 5 nitrogen and oxygen atoms in total. The Labute approximate surface area is 115 Å². The minimum atomic E-state index is -3.53. The summed E-state index contributed by atoms with van der Waals surface area (Å²) in [7, 11) is -2.30. The Morgan fingerprint density at radius 3 is 2.50 bits per heavy atom. The molecule has 0 heterocycles. The summed E-state index contributed by atoms with van der Waals surface area (Å²) >= 11 is 2.85. The summed E-state index contributed by atoms with van der Waals surface area (Å²) in [5.41, 5.74) is 0.852. The molecule has 0 aliphatic heterocycles. The summed E-state index contributed by atoms with van der Waals surface area (Å²) in [6.07, 6.45) is 0.250. The lowest BCUT2D eigenvalue weighted by atomic mass is 10.1. The van der Waals surface area contributed by atoms with Gasteiger partial charge in [0.25, 0.3) is 0 Å². The summed E-state index contributed by atoms with van der Waals surface area (Å²) in [4.78, 5) is 11.5. The van der Waals surface area contributed by atoms with Crippen LogP contribution in [-0.2, 0) is 26.0 Å². The standard InChI is InChI=1S/C11H14BrNO4S/c1-17-11(14)10(13-18(15,16)8-12)7-9-5-3-2-4-6-9/h2-6,10,13H,7-8H2,1H3. The van der Waals surface area contributed by atoms with Crippen LogP contribution in [0.3, 0.4) is 0 Å². The van der Waals surface area contributed by atoms with Crippen LogP contribution in [-0.4, -0.2) is 32.2 Å². The Morgan fingerprint density at radius 1 is 1.39 bits per heavy atom. The van der Waals surface area contributed by atoms with Gasteiger partial charge in [-0.1, -0.05) is 46.3 Å². The van der Waals surface area contributed by atoms with Crippen molar-refractivity contribution in [2.24, 2.45) is 0 Å². The van der Waals surface area contributed by atoms with Crippen LogP contribution >= 0.6 is 15.9 Å². The molecule has 100 valence electrons. The van der Waals surface area contributed by atoms with Gasteiger partial charge in [-0.15, -0.1) is 0 Å². The topological polar surface area (TPSA) is 72.5 Å². The Kier molecular flexibility index (Phi) is 5.77. The molecule has 1 atom stereocenters. The van der Waals surface area contributed by atoms with E-state index >= 15 is 0 Å². The van der Waals surface area contributed by atoms with Crippen molar-refractivity contribution in [3.05, 3.63) is 35.9 Å². The van der Waals surface area contributed by atoms with Gasteiger partial charge in [-0.3, -0.25) is 4.79 Å². The van der Waals surface area contributed by atoms with Crippen LogP contribution in [0.4, 0.5) is 0 Å². The second-order valence-corrected chi connectivity index (χ2v) is 6.66. The fourth-order valence-corrected chi connectivity index (χ4v) is 2.49. The zero-order valence-corrected chi connectivity index (χ0v) is 12.2. The molecule has 0 bridgehead atoms. The van der Waals surface area contributed by atoms with E-state index in [1.807, 2.05) is 30.3 Å². The van der Waals surface area contributed by atoms with E-state index in [0.29, 0.717) is 0 Å². The van der Waals surface area contributed by atoms with E-state index in [0.717, 1.165) is 5.56 Å². The lowest BCUT2D eigenvalue weighted by molar-refractivity contribution is -0.142. The summed E-state index contributed by atoms with van der Waals surface area (Å²) < 4.78 is 29.5. The first-order chi connectivity index (χ1) is 8.48. The van der Waals surface area contributed by atoms with Crippen LogP contribution in [0.2, 0.25) is 0 Å². The molecule has 0 aliphatic carbocycles. The lowest BCUT2D eigenvalue weighted by Crippen LogP contribution is -2.43. The van der Waals surface area contributed by atoms with E-state index in [1.54, 1.807) is 0 Å². The molecule has 0 aromatic heterocycles. The average Bonchev–Trinajstić information content (AvgIpc) is 2.38. The van der Waals surface area contributed by atoms with E-state index in [-0.39, 0.29) is 11.1 Å². The van der Waals surface area contributed by atoms with Crippen molar-refractivity contribution in [1.29, 1.82) is 0 Å². The van der Waals surface area contributed by atoms with Gasteiger partial charge in [0.15, 0.2) is 0 Å². The molecule has 1 N–H and O–H groups in total. The van der Waals surface area contributed by atoms with Crippen LogP contribution in [0.25, 0.3) is 0 Å². The molecular formula is C11H14BrNO4S. The van der Waals surface area contributed by atoms with Crippen molar-refractivity contribution in [1.82, 2.24) is 4.72 Å². The number of hydrogen-bond donors (Lipinski definition) is 1. The summed E-state index contributed by atoms with van der Waals surface area (Å²) in [5, 5.41) is 0. The zero-order chi connectivity index (χ0) is 13.6. The number of carbonyl (C=O) groups excluding carboxylic acids is 1. The van der Waals surface area contributed by atoms with Crippen LogP contribution in [0.5, 0.6) is 0 Å². The number of rotatable bonds is 6. The maximum atomic E-state index is 11.5. The molecular weight excluding hydrogens is 322 g/mol. The molecule has 1 aromatic rings. The van der Waals surface area contributed by atoms with Gasteiger partial charge in [0.2, 0.25) is 10.0 Å². The molecule has 0 saturated heterocycles. The molecule has 0 aliphatic rings. The largest absolute Gasteiger partial charge is 0.468 e. The third-order valence-electron chi connectivity index (χ3n) is 2.23. The molecule has 0 fully saturated rings. The predicted octanol–water partition coefficient (Wildman–Crippen LogP) is 1.04. The van der Waals surface area contributed by atoms with E-state index < -0.39 is 22.0 Å². The van der Waals surface area contributed by atoms with Crippen LogP contribution in [0.15, 0.2) is 30.3 Å². The van der Waals surface area contributed by atoms with Crippen molar-refractivity contribution in [3.63, 3.8) is 0 Å². The first kappa shape index (κ1) is 15.1. The Hall–Kier alpha value is -0.920. The average molecular weight is 336 g/mol. The fourth-order valence-electron chi connectivity index (χ4n) is 1.41. The zero-order valence-electron chi connectivity index (χ0n) is 9.80. The number of alkyl halides is 1. The van der Waals surface area contributed by atoms with Gasteiger partial charge < -0.3 is 4.74 Å². The lowest BCUT2D eigenvalue weighted by Gasteiger charge is -2.15. The first-order valence-corrected chi connectivity index (χ1v) is 7.93. The fraction of sp³-hybridized carbons (Fsp3) is 0.364. The summed E-state index contributed by atoms with van der Waals surface area (Å²) in [6.45, 7) is 0. The maximum Gasteiger partial charge on any atom is 0.324 e. The number of esters is 1. The van der Waals surface area contributed by atoms with E-state index in [1.165, 1.54) is 7.11 Å². The number of halogens is 1. The highest BCUT2D eigenvalue weighted by molar-refractivity contribution is 9.10. The highest BCUT2D eigenvalue weighted by Crippen LogP contribution is 2.06. The molecule has 7 heteroatoms. The second kappa shape index (κ2) is 6.86. The number of hydrogen-bond acceptors (Lipinski definition) is 4. The number of sulfonamides is 1. The van der Waals surface area contributed by atoms with E-state index in [9.17, 15) is 13.2 Å². The predicted molar refractivity (Wildman–Crippen MR) is 71.8 cm³/mol. The van der Waals surface area contributed by atoms with Crippen molar-refractivity contribution in [3.8, 4) is 0 Å². The second-order valence-electron chi connectivity index (χ2n) is 3.61. The van der Waals surface area contributed by atoms with Gasteiger partial charge >= 0.3 is 5.97 Å². The van der Waals surface area contributed by atoms with Crippen molar-refractivity contribution >= 4 is 31.9 Å². The third kappa shape index (κ3) is 4.75. The Morgan fingerprint density at radius 2 is 2.00 bits per heavy atom. The van der Waals surface area contributed by atoms with Crippen molar-refractivity contribution < 1.29 is 17.9 Å². The summed E-state index contributed by atoms with van der Waals surface area (Å²) in [5.74, 6) is -0.608. The minimum Gasteiger partial charge on any atom is -0.468 e. The monoisotopic (exact) mass is 335 g/mol. The molecule has 0 saturated carbocycles. The molecule has 0 spiro atoms. The van der Waals surface area contributed by atoms with Gasteiger partial charge in [0.05, 0.1) is 7.11 Å². The van der Waals surface area contributed by atoms with Crippen LogP contribution in [0.1, 0.15) is 5.56 Å². The van der Waals surface area contributed by atoms with Crippen LogP contribution < -0.4 is 4.72 Å². The molecule has 0 amide bonds. The maximum absolute atomic E-state index is 11.5. The minimum absolute atomic E-state index is 0.250. The Balaban J connectivity index is 2.83. The molecule has 1 aromatic carbocycles. The van der Waals surface area contributed by atoms with Gasteiger partial charge in [0.1, 0.15) is 10.7 Å². The summed E-state index contributed by atoms with van der Waals surface area (Å²) in [6, 6.07) is 8.21. The third-order valence-corrected chi connectivity index (χ3v) is 4.97. The SMILES string of the molecule is COC(=O)C(Cc1ccccc1)NS(=O)(=O)CBr. The van der Waals surface area contributed by atoms with Gasteiger partial charge in [-0.25, -0.2) is 8.42 Å². The van der Waals surface area contributed by atoms with E-state index in [2.05, 4.69) is 25.4 Å². The molecule has 18 heavy (non-hydrogen) atoms. The number of nitrogens with one attached hydrogen (secondary N) is 1. The highest BCUT2D eigenvalue weighted by Gasteiger charge is 2.24. The molecule has 0 radical (unpaired) electrons. The Bertz CT molecular complexity index is 489. The quantitative estimate of drug-likeness (QED) is 0.622. The van der Waals surface area contributed by atoms with Gasteiger partial charge in [-0.2, -0.15) is 4.72 Å². The highest BCUT2D eigenvalue weighted by atomic mass is 79.9. The van der Waals surface area contributed by atoms with Crippen LogP contribution in [0, 0.1) is 0 Å². The molecule has 1 unspecified atom stereocenters. The van der Waals surface area contributed by atoms with Crippen molar-refractivity contribution in [2.75, 3.05) is 11.8 Å². The number of carbonyl (C=O) groups is 1. The first-order valence-electron chi connectivity index (χ1n) is 5.16. The number of methoxy groups -OCH3 is 1. The van der Waals surface area contributed by atoms with E-state index in [4.69, 9.17) is 0 Å². The van der Waals surface area contributed by atoms with Gasteiger partial charge in [0, 0.05) is 0 Å². The smallest absolute Gasteiger partial charge is 0.324 e. The van der Waals surface area contributed by atoms with Crippen molar-refractivity contribution in [2.45, 2.75) is 12.5 Å². The normalized spacial score (nSPS) is 13.0.